The standard InChI is InChI=1S/C17H18N4O4S2/c1-9-3-5-12(6-4-9)21-8-11(7-13(21)22)14(23)18-16-19-20-17(27-16)26-10(2)15(24)25/h3-6,10-11H,7-8H2,1-2H3,(H,24,25)(H,18,19,23)/p-1/t10-,11+/m1/s1. The van der Waals surface area contributed by atoms with Gasteiger partial charge in [-0.15, -0.1) is 10.2 Å². The lowest BCUT2D eigenvalue weighted by Gasteiger charge is -2.16. The summed E-state index contributed by atoms with van der Waals surface area (Å²) in [5.74, 6) is -2.09. The van der Waals surface area contributed by atoms with Crippen LogP contribution in [0.25, 0.3) is 0 Å². The molecule has 1 saturated heterocycles. The predicted molar refractivity (Wildman–Crippen MR) is 101 cm³/mol. The van der Waals surface area contributed by atoms with Crippen molar-refractivity contribution in [1.29, 1.82) is 0 Å². The number of carbonyl (C=O) groups is 3. The van der Waals surface area contributed by atoms with Crippen molar-refractivity contribution in [2.24, 2.45) is 5.92 Å². The Labute approximate surface area is 164 Å². The van der Waals surface area contributed by atoms with Crippen molar-refractivity contribution in [1.82, 2.24) is 10.2 Å². The van der Waals surface area contributed by atoms with E-state index < -0.39 is 17.1 Å². The van der Waals surface area contributed by atoms with Gasteiger partial charge in [0.1, 0.15) is 0 Å². The first-order chi connectivity index (χ1) is 12.8. The van der Waals surface area contributed by atoms with Crippen LogP contribution in [0.2, 0.25) is 0 Å². The highest BCUT2D eigenvalue weighted by Gasteiger charge is 2.35. The van der Waals surface area contributed by atoms with Gasteiger partial charge in [0.25, 0.3) is 0 Å². The van der Waals surface area contributed by atoms with Gasteiger partial charge in [-0.2, -0.15) is 0 Å². The van der Waals surface area contributed by atoms with Crippen LogP contribution in [0.3, 0.4) is 0 Å². The maximum atomic E-state index is 12.5. The molecule has 0 bridgehead atoms. The molecule has 0 aliphatic carbocycles. The first-order valence-corrected chi connectivity index (χ1v) is 9.92. The number of nitrogens with one attached hydrogen (secondary N) is 1. The van der Waals surface area contributed by atoms with E-state index in [0.29, 0.717) is 10.9 Å². The molecule has 27 heavy (non-hydrogen) atoms. The molecule has 1 N–H and O–H groups in total. The molecular formula is C17H17N4O4S2-. The van der Waals surface area contributed by atoms with Crippen molar-refractivity contribution < 1.29 is 19.5 Å². The van der Waals surface area contributed by atoms with Crippen LogP contribution in [0, 0.1) is 12.8 Å². The zero-order valence-corrected chi connectivity index (χ0v) is 16.3. The van der Waals surface area contributed by atoms with Gasteiger partial charge in [0.2, 0.25) is 16.9 Å². The molecule has 0 radical (unpaired) electrons. The quantitative estimate of drug-likeness (QED) is 0.564. The number of anilines is 2. The number of aromatic nitrogens is 2. The lowest BCUT2D eigenvalue weighted by atomic mass is 10.1. The molecule has 1 aliphatic rings. The number of carboxylic acid groups (broad SMARTS) is 1. The molecular weight excluding hydrogens is 388 g/mol. The van der Waals surface area contributed by atoms with E-state index in [0.717, 1.165) is 34.3 Å². The summed E-state index contributed by atoms with van der Waals surface area (Å²) in [6.45, 7) is 3.76. The van der Waals surface area contributed by atoms with Gasteiger partial charge >= 0.3 is 0 Å². The van der Waals surface area contributed by atoms with Crippen LogP contribution in [-0.2, 0) is 14.4 Å². The number of nitrogens with zero attached hydrogens (tertiary/aromatic N) is 3. The molecule has 0 spiro atoms. The zero-order chi connectivity index (χ0) is 19.6. The smallest absolute Gasteiger partial charge is 0.231 e. The number of hydrogen-bond donors (Lipinski definition) is 1. The van der Waals surface area contributed by atoms with E-state index in [4.69, 9.17) is 0 Å². The third kappa shape index (κ3) is 4.64. The summed E-state index contributed by atoms with van der Waals surface area (Å²) in [6, 6.07) is 7.56. The van der Waals surface area contributed by atoms with Gasteiger partial charge in [-0.05, 0) is 26.0 Å². The van der Waals surface area contributed by atoms with Crippen molar-refractivity contribution in [3.05, 3.63) is 29.8 Å². The minimum absolute atomic E-state index is 0.102. The largest absolute Gasteiger partial charge is 0.549 e. The summed E-state index contributed by atoms with van der Waals surface area (Å²) in [5.41, 5.74) is 1.87. The van der Waals surface area contributed by atoms with Crippen molar-refractivity contribution in [3.63, 3.8) is 0 Å². The number of carboxylic acids is 1. The molecule has 2 heterocycles. The number of amides is 2. The summed E-state index contributed by atoms with van der Waals surface area (Å²) >= 11 is 2.08. The Balaban J connectivity index is 1.60. The SMILES string of the molecule is Cc1ccc(N2C[C@@H](C(=O)Nc3nnc(S[C@H](C)C(=O)[O-])s3)CC2=O)cc1. The first-order valence-electron chi connectivity index (χ1n) is 8.22. The fourth-order valence-corrected chi connectivity index (χ4v) is 4.40. The number of rotatable bonds is 6. The van der Waals surface area contributed by atoms with Gasteiger partial charge in [0, 0.05) is 23.9 Å². The van der Waals surface area contributed by atoms with Gasteiger partial charge in [0.05, 0.1) is 11.9 Å². The average molecular weight is 405 g/mol. The van der Waals surface area contributed by atoms with Crippen LogP contribution in [0.5, 0.6) is 0 Å². The molecule has 1 aliphatic heterocycles. The Morgan fingerprint density at radius 3 is 2.70 bits per heavy atom. The van der Waals surface area contributed by atoms with E-state index in [9.17, 15) is 19.5 Å². The van der Waals surface area contributed by atoms with Crippen LogP contribution >= 0.6 is 23.1 Å². The number of hydrogen-bond acceptors (Lipinski definition) is 8. The van der Waals surface area contributed by atoms with E-state index in [1.54, 1.807) is 4.90 Å². The highest BCUT2D eigenvalue weighted by Crippen LogP contribution is 2.30. The molecule has 0 saturated carbocycles. The molecule has 8 nitrogen and oxygen atoms in total. The van der Waals surface area contributed by atoms with Crippen molar-refractivity contribution in [2.75, 3.05) is 16.8 Å². The average Bonchev–Trinajstić information content (AvgIpc) is 3.22. The van der Waals surface area contributed by atoms with E-state index in [-0.39, 0.29) is 23.4 Å². The molecule has 2 amide bonds. The fraction of sp³-hybridized carbons (Fsp3) is 0.353. The molecule has 0 unspecified atom stereocenters. The van der Waals surface area contributed by atoms with Gasteiger partial charge in [-0.1, -0.05) is 40.8 Å². The first kappa shape index (κ1) is 19.3. The van der Waals surface area contributed by atoms with Gasteiger partial charge in [0.15, 0.2) is 4.34 Å². The summed E-state index contributed by atoms with van der Waals surface area (Å²) in [6.07, 6.45) is 0.127. The van der Waals surface area contributed by atoms with E-state index >= 15 is 0 Å². The Bertz CT molecular complexity index is 868. The lowest BCUT2D eigenvalue weighted by Crippen LogP contribution is -2.31. The summed E-state index contributed by atoms with van der Waals surface area (Å²) in [5, 5.41) is 20.6. The second-order valence-electron chi connectivity index (χ2n) is 6.18. The molecule has 1 fully saturated rings. The summed E-state index contributed by atoms with van der Waals surface area (Å²) in [7, 11) is 0. The van der Waals surface area contributed by atoms with Crippen molar-refractivity contribution in [2.45, 2.75) is 29.9 Å². The molecule has 1 aromatic heterocycles. The molecule has 2 atom stereocenters. The third-order valence-corrected chi connectivity index (χ3v) is 6.09. The van der Waals surface area contributed by atoms with Crippen LogP contribution in [0.4, 0.5) is 10.8 Å². The van der Waals surface area contributed by atoms with E-state index in [1.165, 1.54) is 6.92 Å². The van der Waals surface area contributed by atoms with Crippen LogP contribution < -0.4 is 15.3 Å². The Kier molecular flexibility index (Phi) is 5.76. The lowest BCUT2D eigenvalue weighted by molar-refractivity contribution is -0.304. The number of aryl methyl sites for hydroxylation is 1. The molecule has 10 heteroatoms. The number of thioether (sulfide) groups is 1. The topological polar surface area (TPSA) is 115 Å². The second-order valence-corrected chi connectivity index (χ2v) is 8.75. The highest BCUT2D eigenvalue weighted by molar-refractivity contribution is 8.02. The monoisotopic (exact) mass is 405 g/mol. The minimum atomic E-state index is -1.19. The molecule has 3 rings (SSSR count). The maximum Gasteiger partial charge on any atom is 0.231 e. The molecule has 2 aromatic rings. The normalized spacial score (nSPS) is 17.8. The minimum Gasteiger partial charge on any atom is -0.549 e. The van der Waals surface area contributed by atoms with Crippen LogP contribution in [-0.4, -0.2) is 39.8 Å². The van der Waals surface area contributed by atoms with E-state index in [1.807, 2.05) is 31.2 Å². The molecule has 1 aromatic carbocycles. The molecule has 142 valence electrons. The summed E-state index contributed by atoms with van der Waals surface area (Å²) < 4.78 is 0.422. The summed E-state index contributed by atoms with van der Waals surface area (Å²) in [4.78, 5) is 37.1. The van der Waals surface area contributed by atoms with Crippen LogP contribution in [0.1, 0.15) is 18.9 Å². The Hall–Kier alpha value is -2.46. The van der Waals surface area contributed by atoms with Crippen molar-refractivity contribution in [3.8, 4) is 0 Å². The third-order valence-electron chi connectivity index (χ3n) is 4.09. The zero-order valence-electron chi connectivity index (χ0n) is 14.7. The maximum absolute atomic E-state index is 12.5. The van der Waals surface area contributed by atoms with Gasteiger partial charge in [-0.25, -0.2) is 0 Å². The highest BCUT2D eigenvalue weighted by atomic mass is 32.2. The van der Waals surface area contributed by atoms with Crippen LogP contribution in [0.15, 0.2) is 28.6 Å². The Morgan fingerprint density at radius 2 is 2.04 bits per heavy atom. The fourth-order valence-electron chi connectivity index (χ4n) is 2.57. The second kappa shape index (κ2) is 8.05. The van der Waals surface area contributed by atoms with Crippen molar-refractivity contribution >= 4 is 51.7 Å². The predicted octanol–water partition coefficient (Wildman–Crippen LogP) is 1.07. The number of benzene rings is 1. The number of carbonyl (C=O) groups excluding carboxylic acids is 3. The van der Waals surface area contributed by atoms with Gasteiger partial charge < -0.3 is 20.1 Å². The number of aliphatic carboxylic acids is 1. The van der Waals surface area contributed by atoms with E-state index in [2.05, 4.69) is 15.5 Å². The Morgan fingerprint density at radius 1 is 1.33 bits per heavy atom. The van der Waals surface area contributed by atoms with Gasteiger partial charge in [-0.3, -0.25) is 9.59 Å².